The van der Waals surface area contributed by atoms with E-state index in [0.717, 1.165) is 13.0 Å². The summed E-state index contributed by atoms with van der Waals surface area (Å²) in [5, 5.41) is 11.9. The van der Waals surface area contributed by atoms with Crippen LogP contribution in [0.3, 0.4) is 0 Å². The number of nitrogens with zero attached hydrogens (tertiary/aromatic N) is 1. The van der Waals surface area contributed by atoms with Crippen LogP contribution in [0.4, 0.5) is 0 Å². The minimum Gasteiger partial charge on any atom is -0.481 e. The van der Waals surface area contributed by atoms with Crippen LogP contribution in [0.25, 0.3) is 0 Å². The van der Waals surface area contributed by atoms with Crippen LogP contribution >= 0.6 is 0 Å². The number of carboxylic acids is 1. The summed E-state index contributed by atoms with van der Waals surface area (Å²) in [5.74, 6) is -0.0937. The van der Waals surface area contributed by atoms with Gasteiger partial charge in [0.15, 0.2) is 0 Å². The van der Waals surface area contributed by atoms with E-state index in [2.05, 4.69) is 26.1 Å². The Labute approximate surface area is 109 Å². The summed E-state index contributed by atoms with van der Waals surface area (Å²) >= 11 is 0. The van der Waals surface area contributed by atoms with Crippen molar-refractivity contribution < 1.29 is 14.7 Å². The summed E-state index contributed by atoms with van der Waals surface area (Å²) in [5.41, 5.74) is 0. The molecule has 1 heterocycles. The fourth-order valence-electron chi connectivity index (χ4n) is 2.13. The molecule has 0 bridgehead atoms. The lowest BCUT2D eigenvalue weighted by Gasteiger charge is -2.25. The molecule has 2 atom stereocenters. The number of nitrogens with one attached hydrogen (secondary N) is 1. The highest BCUT2D eigenvalue weighted by molar-refractivity contribution is 5.86. The van der Waals surface area contributed by atoms with Crippen LogP contribution in [0.1, 0.15) is 33.6 Å². The van der Waals surface area contributed by atoms with Crippen molar-refractivity contribution in [2.45, 2.75) is 39.7 Å². The smallest absolute Gasteiger partial charge is 0.305 e. The lowest BCUT2D eigenvalue weighted by atomic mass is 10.1. The van der Waals surface area contributed by atoms with Crippen molar-refractivity contribution in [3.63, 3.8) is 0 Å². The minimum absolute atomic E-state index is 0.0672. The van der Waals surface area contributed by atoms with Gasteiger partial charge in [0, 0.05) is 19.6 Å². The Bertz CT molecular complexity index is 305. The lowest BCUT2D eigenvalue weighted by Crippen LogP contribution is -2.45. The molecule has 1 aliphatic heterocycles. The SMILES string of the molecule is CC(C)CCN1CC(C)CNC(CC(=O)O)C1=O. The second-order valence-electron chi connectivity index (χ2n) is 5.63. The van der Waals surface area contributed by atoms with Crippen LogP contribution in [0.15, 0.2) is 0 Å². The molecular weight excluding hydrogens is 232 g/mol. The normalized spacial score (nSPS) is 25.3. The molecule has 5 nitrogen and oxygen atoms in total. The molecule has 104 valence electrons. The van der Waals surface area contributed by atoms with E-state index < -0.39 is 12.0 Å². The summed E-state index contributed by atoms with van der Waals surface area (Å²) in [6.45, 7) is 8.46. The average Bonchev–Trinajstić information content (AvgIpc) is 2.39. The van der Waals surface area contributed by atoms with Crippen molar-refractivity contribution in [1.82, 2.24) is 10.2 Å². The van der Waals surface area contributed by atoms with E-state index in [4.69, 9.17) is 5.11 Å². The monoisotopic (exact) mass is 256 g/mol. The number of carbonyl (C=O) groups excluding carboxylic acids is 1. The van der Waals surface area contributed by atoms with E-state index in [0.29, 0.717) is 24.9 Å². The quantitative estimate of drug-likeness (QED) is 0.768. The highest BCUT2D eigenvalue weighted by Gasteiger charge is 2.30. The zero-order chi connectivity index (χ0) is 13.7. The zero-order valence-corrected chi connectivity index (χ0v) is 11.5. The third-order valence-electron chi connectivity index (χ3n) is 3.21. The summed E-state index contributed by atoms with van der Waals surface area (Å²) in [7, 11) is 0. The van der Waals surface area contributed by atoms with E-state index in [9.17, 15) is 9.59 Å². The number of hydrogen-bond acceptors (Lipinski definition) is 3. The number of aliphatic carboxylic acids is 1. The van der Waals surface area contributed by atoms with Gasteiger partial charge < -0.3 is 15.3 Å². The molecule has 0 aliphatic carbocycles. The molecule has 1 saturated heterocycles. The van der Waals surface area contributed by atoms with Crippen molar-refractivity contribution in [1.29, 1.82) is 0 Å². The van der Waals surface area contributed by atoms with Crippen LogP contribution in [-0.2, 0) is 9.59 Å². The number of amides is 1. The van der Waals surface area contributed by atoms with Crippen LogP contribution < -0.4 is 5.32 Å². The van der Waals surface area contributed by atoms with Crippen LogP contribution in [0.5, 0.6) is 0 Å². The van der Waals surface area contributed by atoms with Gasteiger partial charge in [0.05, 0.1) is 12.5 Å². The molecule has 0 aromatic heterocycles. The predicted molar refractivity (Wildman–Crippen MR) is 69.2 cm³/mol. The molecular formula is C13H24N2O3. The first kappa shape index (κ1) is 15.0. The Morgan fingerprint density at radius 2 is 2.22 bits per heavy atom. The Balaban J connectivity index is 2.67. The maximum Gasteiger partial charge on any atom is 0.305 e. The molecule has 1 amide bonds. The molecule has 18 heavy (non-hydrogen) atoms. The van der Waals surface area contributed by atoms with Crippen molar-refractivity contribution in [2.75, 3.05) is 19.6 Å². The second-order valence-corrected chi connectivity index (χ2v) is 5.63. The summed E-state index contributed by atoms with van der Waals surface area (Å²) < 4.78 is 0. The molecule has 1 rings (SSSR count). The van der Waals surface area contributed by atoms with Crippen molar-refractivity contribution in [3.8, 4) is 0 Å². The third kappa shape index (κ3) is 4.64. The molecule has 0 radical (unpaired) electrons. The summed E-state index contributed by atoms with van der Waals surface area (Å²) in [6, 6.07) is -0.570. The number of rotatable bonds is 5. The van der Waals surface area contributed by atoms with E-state index in [1.807, 2.05) is 4.90 Å². The van der Waals surface area contributed by atoms with Crippen LogP contribution in [0, 0.1) is 11.8 Å². The molecule has 0 aromatic carbocycles. The second kappa shape index (κ2) is 6.73. The summed E-state index contributed by atoms with van der Waals surface area (Å²) in [6.07, 6.45) is 0.821. The number of hydrogen-bond donors (Lipinski definition) is 2. The van der Waals surface area contributed by atoms with Gasteiger partial charge in [-0.25, -0.2) is 0 Å². The highest BCUT2D eigenvalue weighted by Crippen LogP contribution is 2.12. The first-order valence-electron chi connectivity index (χ1n) is 6.64. The van der Waals surface area contributed by atoms with Crippen LogP contribution in [0.2, 0.25) is 0 Å². The van der Waals surface area contributed by atoms with Crippen molar-refractivity contribution in [3.05, 3.63) is 0 Å². The van der Waals surface area contributed by atoms with Crippen molar-refractivity contribution >= 4 is 11.9 Å². The van der Waals surface area contributed by atoms with E-state index in [1.165, 1.54) is 0 Å². The lowest BCUT2D eigenvalue weighted by molar-refractivity contribution is -0.142. The average molecular weight is 256 g/mol. The predicted octanol–water partition coefficient (Wildman–Crippen LogP) is 0.944. The van der Waals surface area contributed by atoms with Gasteiger partial charge in [-0.3, -0.25) is 9.59 Å². The van der Waals surface area contributed by atoms with Gasteiger partial charge in [0.25, 0.3) is 0 Å². The van der Waals surface area contributed by atoms with Gasteiger partial charge in [-0.05, 0) is 18.3 Å². The van der Waals surface area contributed by atoms with E-state index >= 15 is 0 Å². The minimum atomic E-state index is -0.931. The highest BCUT2D eigenvalue weighted by atomic mass is 16.4. The van der Waals surface area contributed by atoms with Gasteiger partial charge in [0.1, 0.15) is 0 Å². The Morgan fingerprint density at radius 3 is 2.78 bits per heavy atom. The van der Waals surface area contributed by atoms with Crippen LogP contribution in [-0.4, -0.2) is 47.6 Å². The fourth-order valence-corrected chi connectivity index (χ4v) is 2.13. The number of carboxylic acid groups (broad SMARTS) is 1. The fraction of sp³-hybridized carbons (Fsp3) is 0.846. The molecule has 5 heteroatoms. The first-order valence-corrected chi connectivity index (χ1v) is 6.64. The molecule has 0 spiro atoms. The van der Waals surface area contributed by atoms with E-state index in [-0.39, 0.29) is 12.3 Å². The van der Waals surface area contributed by atoms with Gasteiger partial charge >= 0.3 is 5.97 Å². The maximum absolute atomic E-state index is 12.2. The molecule has 0 aromatic rings. The Morgan fingerprint density at radius 1 is 1.56 bits per heavy atom. The van der Waals surface area contributed by atoms with Gasteiger partial charge in [0.2, 0.25) is 5.91 Å². The zero-order valence-electron chi connectivity index (χ0n) is 11.5. The molecule has 2 N–H and O–H groups in total. The molecule has 1 fully saturated rings. The van der Waals surface area contributed by atoms with Gasteiger partial charge in [-0.2, -0.15) is 0 Å². The van der Waals surface area contributed by atoms with Crippen molar-refractivity contribution in [2.24, 2.45) is 11.8 Å². The first-order chi connectivity index (χ1) is 8.40. The van der Waals surface area contributed by atoms with E-state index in [1.54, 1.807) is 0 Å². The number of carbonyl (C=O) groups is 2. The standard InChI is InChI=1S/C13H24N2O3/c1-9(2)4-5-15-8-10(3)7-14-11(13(15)18)6-12(16)17/h9-11,14H,4-8H2,1-3H3,(H,16,17). The molecule has 2 unspecified atom stereocenters. The largest absolute Gasteiger partial charge is 0.481 e. The Hall–Kier alpha value is -1.10. The third-order valence-corrected chi connectivity index (χ3v) is 3.21. The summed E-state index contributed by atoms with van der Waals surface area (Å²) in [4.78, 5) is 24.8. The van der Waals surface area contributed by atoms with Gasteiger partial charge in [-0.15, -0.1) is 0 Å². The molecule has 1 aliphatic rings. The molecule has 0 saturated carbocycles. The topological polar surface area (TPSA) is 69.6 Å². The maximum atomic E-state index is 12.2. The van der Waals surface area contributed by atoms with Gasteiger partial charge in [-0.1, -0.05) is 20.8 Å². The Kier molecular flexibility index (Phi) is 5.59.